The minimum atomic E-state index is 0.0556. The predicted molar refractivity (Wildman–Crippen MR) is 94.6 cm³/mol. The van der Waals surface area contributed by atoms with Crippen LogP contribution in [0.5, 0.6) is 0 Å². The summed E-state index contributed by atoms with van der Waals surface area (Å²) in [6.07, 6.45) is 1.41. The van der Waals surface area contributed by atoms with Crippen molar-refractivity contribution in [1.29, 1.82) is 0 Å². The van der Waals surface area contributed by atoms with Crippen LogP contribution in [-0.4, -0.2) is 37.5 Å². The van der Waals surface area contributed by atoms with Crippen LogP contribution in [0, 0.1) is 6.92 Å². The fraction of sp³-hybridized carbons (Fsp3) is 0.625. The van der Waals surface area contributed by atoms with Gasteiger partial charge in [0.25, 0.3) is 0 Å². The summed E-state index contributed by atoms with van der Waals surface area (Å²) in [5, 5.41) is 9.40. The van der Waals surface area contributed by atoms with Crippen LogP contribution in [0.4, 0.5) is 0 Å². The van der Waals surface area contributed by atoms with E-state index >= 15 is 0 Å². The molecule has 1 aromatic rings. The van der Waals surface area contributed by atoms with Gasteiger partial charge in [0.2, 0.25) is 5.91 Å². The summed E-state index contributed by atoms with van der Waals surface area (Å²) in [6, 6.07) is 4.78. The van der Waals surface area contributed by atoms with Gasteiger partial charge in [0.15, 0.2) is 5.96 Å². The number of aryl methyl sites for hydroxylation is 1. The monoisotopic (exact) mass is 324 g/mol. The second-order valence-corrected chi connectivity index (χ2v) is 7.11. The lowest BCUT2D eigenvalue weighted by Crippen LogP contribution is -2.44. The highest BCUT2D eigenvalue weighted by atomic mass is 32.1. The van der Waals surface area contributed by atoms with Gasteiger partial charge in [-0.1, -0.05) is 0 Å². The molecule has 0 spiro atoms. The van der Waals surface area contributed by atoms with E-state index in [2.05, 4.69) is 46.9 Å². The maximum Gasteiger partial charge on any atom is 0.221 e. The molecule has 0 aliphatic rings. The molecule has 0 radical (unpaired) electrons. The first kappa shape index (κ1) is 18.5. The van der Waals surface area contributed by atoms with Crippen molar-refractivity contribution in [3.63, 3.8) is 0 Å². The molecular formula is C16H28N4OS. The largest absolute Gasteiger partial charge is 0.356 e. The lowest BCUT2D eigenvalue weighted by molar-refractivity contribution is -0.121. The van der Waals surface area contributed by atoms with Crippen molar-refractivity contribution >= 4 is 23.2 Å². The highest BCUT2D eigenvalue weighted by Crippen LogP contribution is 2.16. The smallest absolute Gasteiger partial charge is 0.221 e. The van der Waals surface area contributed by atoms with Crippen molar-refractivity contribution in [3.05, 3.63) is 21.9 Å². The van der Waals surface area contributed by atoms with E-state index in [1.165, 1.54) is 9.75 Å². The highest BCUT2D eigenvalue weighted by Gasteiger charge is 2.08. The van der Waals surface area contributed by atoms with Crippen LogP contribution in [0.25, 0.3) is 0 Å². The number of hydrogen-bond acceptors (Lipinski definition) is 3. The molecule has 6 heteroatoms. The second kappa shape index (κ2) is 9.46. The van der Waals surface area contributed by atoms with E-state index in [1.807, 2.05) is 25.2 Å². The van der Waals surface area contributed by atoms with Crippen LogP contribution in [0.2, 0.25) is 0 Å². The topological polar surface area (TPSA) is 65.5 Å². The van der Waals surface area contributed by atoms with Gasteiger partial charge in [-0.05, 0) is 39.8 Å². The molecule has 0 aliphatic heterocycles. The molecule has 124 valence electrons. The SMILES string of the molecule is CN=C(NCCC(=O)NC(C)C)NC(C)Cc1ccc(C)s1. The zero-order valence-corrected chi connectivity index (χ0v) is 15.0. The molecule has 1 unspecified atom stereocenters. The van der Waals surface area contributed by atoms with E-state index in [0.717, 1.165) is 12.4 Å². The Kier molecular flexibility index (Phi) is 7.95. The number of amides is 1. The number of nitrogens with zero attached hydrogens (tertiary/aromatic N) is 1. The van der Waals surface area contributed by atoms with Crippen molar-refractivity contribution in [2.45, 2.75) is 52.6 Å². The highest BCUT2D eigenvalue weighted by molar-refractivity contribution is 7.11. The molecule has 1 aromatic heterocycles. The van der Waals surface area contributed by atoms with Gasteiger partial charge in [0.1, 0.15) is 0 Å². The average Bonchev–Trinajstić information content (AvgIpc) is 2.81. The van der Waals surface area contributed by atoms with Crippen LogP contribution in [0.15, 0.2) is 17.1 Å². The van der Waals surface area contributed by atoms with Gasteiger partial charge in [-0.3, -0.25) is 9.79 Å². The molecule has 0 saturated carbocycles. The maximum absolute atomic E-state index is 11.6. The number of nitrogens with one attached hydrogen (secondary N) is 3. The molecule has 1 rings (SSSR count). The Bertz CT molecular complexity index is 496. The van der Waals surface area contributed by atoms with Crippen LogP contribution < -0.4 is 16.0 Å². The molecule has 1 amide bonds. The van der Waals surface area contributed by atoms with Gasteiger partial charge in [0.05, 0.1) is 0 Å². The van der Waals surface area contributed by atoms with Gasteiger partial charge < -0.3 is 16.0 Å². The van der Waals surface area contributed by atoms with Crippen molar-refractivity contribution in [2.24, 2.45) is 4.99 Å². The van der Waals surface area contributed by atoms with Crippen LogP contribution in [-0.2, 0) is 11.2 Å². The Balaban J connectivity index is 2.31. The van der Waals surface area contributed by atoms with Gasteiger partial charge in [-0.2, -0.15) is 0 Å². The Labute approximate surface area is 137 Å². The van der Waals surface area contributed by atoms with Crippen molar-refractivity contribution < 1.29 is 4.79 Å². The third kappa shape index (κ3) is 7.45. The van der Waals surface area contributed by atoms with E-state index < -0.39 is 0 Å². The fourth-order valence-electron chi connectivity index (χ4n) is 2.06. The predicted octanol–water partition coefficient (Wildman–Crippen LogP) is 2.07. The van der Waals surface area contributed by atoms with Gasteiger partial charge in [-0.15, -0.1) is 11.3 Å². The molecule has 1 heterocycles. The second-order valence-electron chi connectivity index (χ2n) is 5.73. The third-order valence-electron chi connectivity index (χ3n) is 3.00. The Morgan fingerprint density at radius 2 is 2.00 bits per heavy atom. The van der Waals surface area contributed by atoms with Crippen LogP contribution >= 0.6 is 11.3 Å². The van der Waals surface area contributed by atoms with Crippen molar-refractivity contribution in [2.75, 3.05) is 13.6 Å². The number of aliphatic imine (C=N–C) groups is 1. The molecule has 1 atom stereocenters. The van der Waals surface area contributed by atoms with E-state index in [4.69, 9.17) is 0 Å². The minimum Gasteiger partial charge on any atom is -0.356 e. The summed E-state index contributed by atoms with van der Waals surface area (Å²) in [6.45, 7) is 8.74. The first-order valence-electron chi connectivity index (χ1n) is 7.72. The Morgan fingerprint density at radius 3 is 2.55 bits per heavy atom. The quantitative estimate of drug-likeness (QED) is 0.531. The number of rotatable bonds is 7. The minimum absolute atomic E-state index is 0.0556. The maximum atomic E-state index is 11.6. The summed E-state index contributed by atoms with van der Waals surface area (Å²) in [7, 11) is 1.74. The Hall–Kier alpha value is -1.56. The lowest BCUT2D eigenvalue weighted by Gasteiger charge is -2.17. The number of carbonyl (C=O) groups excluding carboxylic acids is 1. The zero-order chi connectivity index (χ0) is 16.5. The fourth-order valence-corrected chi connectivity index (χ4v) is 3.08. The van der Waals surface area contributed by atoms with Crippen LogP contribution in [0.1, 0.15) is 36.9 Å². The zero-order valence-electron chi connectivity index (χ0n) is 14.2. The molecule has 0 aliphatic carbocycles. The van der Waals surface area contributed by atoms with Gasteiger partial charge in [-0.25, -0.2) is 0 Å². The molecule has 0 saturated heterocycles. The lowest BCUT2D eigenvalue weighted by atomic mass is 10.2. The van der Waals surface area contributed by atoms with E-state index in [9.17, 15) is 4.79 Å². The average molecular weight is 324 g/mol. The molecule has 5 nitrogen and oxygen atoms in total. The number of hydrogen-bond donors (Lipinski definition) is 3. The number of thiophene rings is 1. The number of guanidine groups is 1. The third-order valence-corrected chi connectivity index (χ3v) is 4.03. The summed E-state index contributed by atoms with van der Waals surface area (Å²) in [5.74, 6) is 0.790. The van der Waals surface area contributed by atoms with Gasteiger partial charge >= 0.3 is 0 Å². The van der Waals surface area contributed by atoms with E-state index in [0.29, 0.717) is 13.0 Å². The van der Waals surface area contributed by atoms with E-state index in [1.54, 1.807) is 7.05 Å². The summed E-state index contributed by atoms with van der Waals surface area (Å²) in [5.41, 5.74) is 0. The summed E-state index contributed by atoms with van der Waals surface area (Å²) < 4.78 is 0. The van der Waals surface area contributed by atoms with Gasteiger partial charge in [0, 0.05) is 48.3 Å². The van der Waals surface area contributed by atoms with Crippen LogP contribution in [0.3, 0.4) is 0 Å². The molecular weight excluding hydrogens is 296 g/mol. The first-order valence-corrected chi connectivity index (χ1v) is 8.54. The molecule has 22 heavy (non-hydrogen) atoms. The molecule has 0 fully saturated rings. The molecule has 0 aromatic carbocycles. The normalized spacial score (nSPS) is 13.1. The molecule has 3 N–H and O–H groups in total. The first-order chi connectivity index (χ1) is 10.4. The summed E-state index contributed by atoms with van der Waals surface area (Å²) >= 11 is 1.82. The van der Waals surface area contributed by atoms with E-state index in [-0.39, 0.29) is 18.0 Å². The number of carbonyl (C=O) groups is 1. The summed E-state index contributed by atoms with van der Waals surface area (Å²) in [4.78, 5) is 18.5. The molecule has 0 bridgehead atoms. The Morgan fingerprint density at radius 1 is 1.27 bits per heavy atom. The van der Waals surface area contributed by atoms with Crippen molar-refractivity contribution in [3.8, 4) is 0 Å². The van der Waals surface area contributed by atoms with Crippen molar-refractivity contribution in [1.82, 2.24) is 16.0 Å². The standard InChI is InChI=1S/C16H28N4OS/c1-11(2)19-15(21)8-9-18-16(17-5)20-12(3)10-14-7-6-13(4)22-14/h6-7,11-12H,8-10H2,1-5H3,(H,19,21)(H2,17,18,20).